The van der Waals surface area contributed by atoms with Gasteiger partial charge in [0.1, 0.15) is 5.75 Å². The van der Waals surface area contributed by atoms with Gasteiger partial charge < -0.3 is 10.1 Å². The van der Waals surface area contributed by atoms with Crippen molar-refractivity contribution in [3.63, 3.8) is 0 Å². The number of anilines is 2. The average molecular weight is 322 g/mol. The Bertz CT molecular complexity index is 855. The number of ether oxygens (including phenoxy) is 1. The molecule has 0 aliphatic heterocycles. The van der Waals surface area contributed by atoms with E-state index in [1.807, 2.05) is 18.2 Å². The number of aryl methyl sites for hydroxylation is 3. The summed E-state index contributed by atoms with van der Waals surface area (Å²) in [6.45, 7) is 2.09. The van der Waals surface area contributed by atoms with Crippen LogP contribution < -0.4 is 10.1 Å². The Morgan fingerprint density at radius 1 is 1.13 bits per heavy atom. The van der Waals surface area contributed by atoms with Crippen LogP contribution in [0.25, 0.3) is 11.3 Å². The monoisotopic (exact) mass is 322 g/mol. The predicted molar refractivity (Wildman–Crippen MR) is 96.0 cm³/mol. The maximum atomic E-state index is 5.45. The smallest absolute Gasteiger partial charge is 0.187 e. The highest BCUT2D eigenvalue weighted by Crippen LogP contribution is 2.41. The van der Waals surface area contributed by atoms with Gasteiger partial charge in [-0.3, -0.25) is 0 Å². The molecule has 0 radical (unpaired) electrons. The minimum atomic E-state index is 0.961. The van der Waals surface area contributed by atoms with Gasteiger partial charge in [-0.05, 0) is 55.2 Å². The summed E-state index contributed by atoms with van der Waals surface area (Å²) in [5.74, 6) is 0.963. The Balaban J connectivity index is 1.72. The molecule has 4 heteroatoms. The van der Waals surface area contributed by atoms with Crippen molar-refractivity contribution >= 4 is 22.2 Å². The maximum absolute atomic E-state index is 5.45. The van der Waals surface area contributed by atoms with Gasteiger partial charge in [-0.1, -0.05) is 18.2 Å². The SMILES string of the molecule is COc1cc2c(cc1C)-c1nc(Nc3ccccc3)sc1CC2. The van der Waals surface area contributed by atoms with Crippen LogP contribution in [0.3, 0.4) is 0 Å². The molecule has 0 spiro atoms. The van der Waals surface area contributed by atoms with Crippen LogP contribution in [0, 0.1) is 6.92 Å². The van der Waals surface area contributed by atoms with E-state index in [9.17, 15) is 0 Å². The summed E-state index contributed by atoms with van der Waals surface area (Å²) in [5, 5.41) is 4.37. The van der Waals surface area contributed by atoms with Gasteiger partial charge in [-0.25, -0.2) is 4.98 Å². The summed E-state index contributed by atoms with van der Waals surface area (Å²) in [7, 11) is 1.73. The highest BCUT2D eigenvalue weighted by molar-refractivity contribution is 7.16. The number of rotatable bonds is 3. The van der Waals surface area contributed by atoms with Crippen molar-refractivity contribution in [1.29, 1.82) is 0 Å². The van der Waals surface area contributed by atoms with Gasteiger partial charge in [0.2, 0.25) is 0 Å². The minimum absolute atomic E-state index is 0.961. The van der Waals surface area contributed by atoms with Crippen LogP contribution in [0.1, 0.15) is 16.0 Å². The molecular formula is C19H18N2OS. The molecule has 0 saturated carbocycles. The topological polar surface area (TPSA) is 34.1 Å². The Morgan fingerprint density at radius 2 is 1.96 bits per heavy atom. The molecule has 23 heavy (non-hydrogen) atoms. The van der Waals surface area contributed by atoms with Gasteiger partial charge in [0.15, 0.2) is 5.13 Å². The maximum Gasteiger partial charge on any atom is 0.187 e. The quantitative estimate of drug-likeness (QED) is 0.739. The molecule has 0 bridgehead atoms. The van der Waals surface area contributed by atoms with Crippen LogP contribution >= 0.6 is 11.3 Å². The number of thiazole rings is 1. The molecule has 0 amide bonds. The number of nitrogens with one attached hydrogen (secondary N) is 1. The van der Waals surface area contributed by atoms with E-state index in [0.29, 0.717) is 0 Å². The largest absolute Gasteiger partial charge is 0.496 e. The molecule has 116 valence electrons. The van der Waals surface area contributed by atoms with Gasteiger partial charge in [0.05, 0.1) is 12.8 Å². The van der Waals surface area contributed by atoms with Gasteiger partial charge in [-0.2, -0.15) is 0 Å². The van der Waals surface area contributed by atoms with E-state index < -0.39 is 0 Å². The van der Waals surface area contributed by atoms with Gasteiger partial charge in [-0.15, -0.1) is 11.3 Å². The number of para-hydroxylation sites is 1. The lowest BCUT2D eigenvalue weighted by molar-refractivity contribution is 0.411. The molecule has 1 N–H and O–H groups in total. The fraction of sp³-hybridized carbons (Fsp3) is 0.211. The highest BCUT2D eigenvalue weighted by Gasteiger charge is 2.22. The van der Waals surface area contributed by atoms with E-state index in [1.54, 1.807) is 18.4 Å². The van der Waals surface area contributed by atoms with Crippen LogP contribution in [0.5, 0.6) is 5.75 Å². The lowest BCUT2D eigenvalue weighted by Gasteiger charge is -2.17. The summed E-state index contributed by atoms with van der Waals surface area (Å²) in [5.41, 5.74) is 5.94. The van der Waals surface area contributed by atoms with Crippen LogP contribution in [-0.4, -0.2) is 12.1 Å². The van der Waals surface area contributed by atoms with E-state index in [1.165, 1.54) is 16.0 Å². The lowest BCUT2D eigenvalue weighted by Crippen LogP contribution is -2.03. The second-order valence-corrected chi connectivity index (χ2v) is 6.84. The summed E-state index contributed by atoms with van der Waals surface area (Å²) in [6.07, 6.45) is 2.09. The third-order valence-electron chi connectivity index (χ3n) is 4.22. The molecule has 0 unspecified atom stereocenters. The lowest BCUT2D eigenvalue weighted by atomic mass is 9.91. The van der Waals surface area contributed by atoms with Gasteiger partial charge in [0, 0.05) is 16.1 Å². The van der Waals surface area contributed by atoms with Crippen LogP contribution in [0.15, 0.2) is 42.5 Å². The fourth-order valence-electron chi connectivity index (χ4n) is 3.06. The number of nitrogens with zero attached hydrogens (tertiary/aromatic N) is 1. The summed E-state index contributed by atoms with van der Waals surface area (Å²) in [6, 6.07) is 14.6. The minimum Gasteiger partial charge on any atom is -0.496 e. The third kappa shape index (κ3) is 2.59. The van der Waals surface area contributed by atoms with E-state index in [4.69, 9.17) is 9.72 Å². The highest BCUT2D eigenvalue weighted by atomic mass is 32.1. The summed E-state index contributed by atoms with van der Waals surface area (Å²) >= 11 is 1.76. The molecule has 1 aliphatic rings. The van der Waals surface area contributed by atoms with Crippen LogP contribution in [0.2, 0.25) is 0 Å². The standard InChI is InChI=1S/C19H18N2OS/c1-12-10-15-13(11-16(12)22-2)8-9-17-18(15)21-19(23-17)20-14-6-4-3-5-7-14/h3-7,10-11H,8-9H2,1-2H3,(H,20,21). The molecule has 1 heterocycles. The zero-order valence-electron chi connectivity index (χ0n) is 13.2. The van der Waals surface area contributed by atoms with E-state index in [0.717, 1.165) is 40.7 Å². The van der Waals surface area contributed by atoms with Gasteiger partial charge >= 0.3 is 0 Å². The van der Waals surface area contributed by atoms with Crippen molar-refractivity contribution in [2.45, 2.75) is 19.8 Å². The molecule has 0 saturated heterocycles. The molecule has 0 atom stereocenters. The van der Waals surface area contributed by atoms with E-state index in [-0.39, 0.29) is 0 Å². The van der Waals surface area contributed by atoms with Crippen molar-refractivity contribution in [2.24, 2.45) is 0 Å². The second-order valence-electron chi connectivity index (χ2n) is 5.76. The number of hydrogen-bond donors (Lipinski definition) is 1. The van der Waals surface area contributed by atoms with Crippen molar-refractivity contribution in [3.05, 3.63) is 58.5 Å². The van der Waals surface area contributed by atoms with E-state index in [2.05, 4.69) is 36.5 Å². The van der Waals surface area contributed by atoms with Crippen molar-refractivity contribution < 1.29 is 4.74 Å². The summed E-state index contributed by atoms with van der Waals surface area (Å²) in [4.78, 5) is 6.21. The van der Waals surface area contributed by atoms with Crippen LogP contribution in [0.4, 0.5) is 10.8 Å². The van der Waals surface area contributed by atoms with Crippen LogP contribution in [-0.2, 0) is 12.8 Å². The van der Waals surface area contributed by atoms with Crippen molar-refractivity contribution in [2.75, 3.05) is 12.4 Å². The fourth-order valence-corrected chi connectivity index (χ4v) is 4.05. The molecule has 0 fully saturated rings. The Labute approximate surface area is 140 Å². The Kier molecular flexibility index (Phi) is 3.54. The number of methoxy groups -OCH3 is 1. The third-order valence-corrected chi connectivity index (χ3v) is 5.25. The number of hydrogen-bond acceptors (Lipinski definition) is 4. The Morgan fingerprint density at radius 3 is 2.74 bits per heavy atom. The zero-order valence-corrected chi connectivity index (χ0v) is 14.0. The predicted octanol–water partition coefficient (Wildman–Crippen LogP) is 4.97. The second kappa shape index (κ2) is 5.70. The molecule has 3 aromatic rings. The first-order valence-electron chi connectivity index (χ1n) is 7.74. The number of aromatic nitrogens is 1. The average Bonchev–Trinajstić information content (AvgIpc) is 2.98. The van der Waals surface area contributed by atoms with E-state index >= 15 is 0 Å². The molecular weight excluding hydrogens is 304 g/mol. The molecule has 1 aliphatic carbocycles. The Hall–Kier alpha value is -2.33. The number of benzene rings is 2. The normalized spacial score (nSPS) is 12.4. The first kappa shape index (κ1) is 14.3. The first-order valence-corrected chi connectivity index (χ1v) is 8.56. The molecule has 2 aromatic carbocycles. The van der Waals surface area contributed by atoms with Crippen molar-refractivity contribution in [1.82, 2.24) is 4.98 Å². The van der Waals surface area contributed by atoms with Gasteiger partial charge in [0.25, 0.3) is 0 Å². The van der Waals surface area contributed by atoms with Crippen molar-refractivity contribution in [3.8, 4) is 17.0 Å². The first-order chi connectivity index (χ1) is 11.2. The molecule has 4 rings (SSSR count). The molecule has 1 aromatic heterocycles. The summed E-state index contributed by atoms with van der Waals surface area (Å²) < 4.78 is 5.45. The molecule has 3 nitrogen and oxygen atoms in total. The number of fused-ring (bicyclic) bond motifs is 3. The zero-order chi connectivity index (χ0) is 15.8.